The van der Waals surface area contributed by atoms with Gasteiger partial charge in [-0.1, -0.05) is 19.9 Å². The Balaban J connectivity index is 1.98. The van der Waals surface area contributed by atoms with Gasteiger partial charge in [-0.05, 0) is 42.4 Å². The first-order valence-electron chi connectivity index (χ1n) is 7.15. The van der Waals surface area contributed by atoms with Crippen LogP contribution < -0.4 is 11.4 Å². The summed E-state index contributed by atoms with van der Waals surface area (Å²) in [7, 11) is 0. The van der Waals surface area contributed by atoms with Crippen LogP contribution in [0.5, 0.6) is 0 Å². The number of allylic oxidation sites excluding steroid dienone is 2. The van der Waals surface area contributed by atoms with E-state index in [0.717, 1.165) is 47.1 Å². The van der Waals surface area contributed by atoms with Crippen molar-refractivity contribution in [2.45, 2.75) is 33.1 Å². The molecule has 0 spiro atoms. The second-order valence-corrected chi connectivity index (χ2v) is 6.56. The quantitative estimate of drug-likeness (QED) is 0.637. The van der Waals surface area contributed by atoms with Gasteiger partial charge in [0.1, 0.15) is 0 Å². The monoisotopic (exact) mass is 284 g/mol. The summed E-state index contributed by atoms with van der Waals surface area (Å²) in [5.41, 5.74) is 10.6. The van der Waals surface area contributed by atoms with Crippen LogP contribution in [0.3, 0.4) is 0 Å². The fraction of sp³-hybridized carbons (Fsp3) is 0.375. The molecule has 1 aromatic heterocycles. The summed E-state index contributed by atoms with van der Waals surface area (Å²) in [6, 6.07) is 5.50. The van der Waals surface area contributed by atoms with E-state index in [9.17, 15) is 4.79 Å². The second-order valence-electron chi connectivity index (χ2n) is 6.56. The van der Waals surface area contributed by atoms with Crippen molar-refractivity contribution in [3.8, 4) is 0 Å². The number of imidazole rings is 1. The van der Waals surface area contributed by atoms with Crippen molar-refractivity contribution in [1.82, 2.24) is 9.97 Å². The fourth-order valence-corrected chi connectivity index (χ4v) is 2.98. The molecule has 2 aromatic rings. The molecule has 0 saturated heterocycles. The Kier molecular flexibility index (Phi) is 3.01. The lowest BCUT2D eigenvalue weighted by molar-refractivity contribution is 0.315. The lowest BCUT2D eigenvalue weighted by atomic mass is 9.75. The first-order valence-corrected chi connectivity index (χ1v) is 7.15. The number of benzene rings is 1. The van der Waals surface area contributed by atoms with E-state index in [2.05, 4.69) is 23.8 Å². The molecular formula is C16H20N4O. The predicted molar refractivity (Wildman–Crippen MR) is 84.6 cm³/mol. The topological polar surface area (TPSA) is 98.5 Å². The Labute approximate surface area is 122 Å². The van der Waals surface area contributed by atoms with Gasteiger partial charge in [0.05, 0.1) is 16.7 Å². The number of hydrogen-bond donors (Lipinski definition) is 4. The Morgan fingerprint density at radius 2 is 2.00 bits per heavy atom. The number of fused-ring (bicyclic) bond motifs is 1. The van der Waals surface area contributed by atoms with E-state index in [1.54, 1.807) is 0 Å². The van der Waals surface area contributed by atoms with Crippen LogP contribution in [-0.4, -0.2) is 15.7 Å². The lowest BCUT2D eigenvalue weighted by Crippen LogP contribution is -2.25. The average Bonchev–Trinajstić information content (AvgIpc) is 2.76. The second kappa shape index (κ2) is 4.62. The highest BCUT2D eigenvalue weighted by Gasteiger charge is 2.27. The lowest BCUT2D eigenvalue weighted by Gasteiger charge is -2.31. The van der Waals surface area contributed by atoms with Crippen molar-refractivity contribution < 1.29 is 0 Å². The highest BCUT2D eigenvalue weighted by molar-refractivity contribution is 6.12. The van der Waals surface area contributed by atoms with Crippen LogP contribution in [0.2, 0.25) is 0 Å². The third-order valence-electron chi connectivity index (χ3n) is 4.21. The summed E-state index contributed by atoms with van der Waals surface area (Å²) in [6.07, 6.45) is 2.70. The summed E-state index contributed by atoms with van der Waals surface area (Å²) < 4.78 is 0. The first kappa shape index (κ1) is 13.7. The smallest absolute Gasteiger partial charge is 0.323 e. The van der Waals surface area contributed by atoms with Crippen LogP contribution in [0.1, 0.15) is 38.7 Å². The van der Waals surface area contributed by atoms with Gasteiger partial charge in [-0.25, -0.2) is 4.79 Å². The summed E-state index contributed by atoms with van der Waals surface area (Å²) in [6.45, 7) is 4.41. The molecule has 0 saturated carbocycles. The van der Waals surface area contributed by atoms with Gasteiger partial charge in [-0.2, -0.15) is 0 Å². The van der Waals surface area contributed by atoms with Gasteiger partial charge in [-0.3, -0.25) is 5.41 Å². The van der Waals surface area contributed by atoms with Crippen molar-refractivity contribution in [3.63, 3.8) is 0 Å². The normalized spacial score (nSPS) is 18.2. The zero-order chi connectivity index (χ0) is 15.2. The van der Waals surface area contributed by atoms with Gasteiger partial charge in [0, 0.05) is 11.3 Å². The Bertz CT molecular complexity index is 807. The molecule has 0 amide bonds. The van der Waals surface area contributed by atoms with Gasteiger partial charge in [0.2, 0.25) is 0 Å². The number of H-pyrrole nitrogens is 2. The van der Waals surface area contributed by atoms with E-state index in [-0.39, 0.29) is 11.1 Å². The molecule has 0 radical (unpaired) electrons. The minimum Gasteiger partial charge on any atom is -0.402 e. The summed E-state index contributed by atoms with van der Waals surface area (Å²) in [4.78, 5) is 16.7. The molecule has 0 bridgehead atoms. The van der Waals surface area contributed by atoms with Crippen LogP contribution in [0.25, 0.3) is 11.0 Å². The average molecular weight is 284 g/mol. The molecular weight excluding hydrogens is 264 g/mol. The molecule has 110 valence electrons. The highest BCUT2D eigenvalue weighted by atomic mass is 16.1. The zero-order valence-electron chi connectivity index (χ0n) is 12.3. The number of nitrogens with one attached hydrogen (secondary N) is 3. The van der Waals surface area contributed by atoms with Crippen LogP contribution in [0.4, 0.5) is 0 Å². The van der Waals surface area contributed by atoms with Crippen LogP contribution in [0.15, 0.2) is 34.3 Å². The van der Waals surface area contributed by atoms with Gasteiger partial charge in [0.15, 0.2) is 0 Å². The van der Waals surface area contributed by atoms with Gasteiger partial charge < -0.3 is 15.7 Å². The zero-order valence-corrected chi connectivity index (χ0v) is 12.3. The predicted octanol–water partition coefficient (Wildman–Crippen LogP) is 2.65. The number of aromatic nitrogens is 2. The van der Waals surface area contributed by atoms with Gasteiger partial charge in [0.25, 0.3) is 0 Å². The highest BCUT2D eigenvalue weighted by Crippen LogP contribution is 2.37. The molecule has 1 aliphatic rings. The molecule has 5 nitrogen and oxygen atoms in total. The van der Waals surface area contributed by atoms with E-state index in [1.807, 2.05) is 18.2 Å². The van der Waals surface area contributed by atoms with E-state index >= 15 is 0 Å². The summed E-state index contributed by atoms with van der Waals surface area (Å²) >= 11 is 0. The number of rotatable bonds is 2. The van der Waals surface area contributed by atoms with E-state index in [1.165, 1.54) is 0 Å². The standard InChI is InChI=1S/C16H20N4O/c1-16(2)6-5-10(11(17)8-16)14(18)9-3-4-12-13(7-9)20-15(21)19-12/h3-4,7,18H,5-6,8,17H2,1-2H3,(H2,19,20,21). The van der Waals surface area contributed by atoms with E-state index in [4.69, 9.17) is 11.1 Å². The SMILES string of the molecule is CC1(C)CCC(C(=N)c2ccc3[nH]c(=O)[nH]c3c2)=C(N)C1. The molecule has 21 heavy (non-hydrogen) atoms. The molecule has 5 heteroatoms. The largest absolute Gasteiger partial charge is 0.402 e. The van der Waals surface area contributed by atoms with Crippen LogP contribution >= 0.6 is 0 Å². The Morgan fingerprint density at radius 1 is 1.29 bits per heavy atom. The minimum atomic E-state index is -0.230. The molecule has 1 aliphatic carbocycles. The molecule has 5 N–H and O–H groups in total. The Hall–Kier alpha value is -2.30. The molecule has 3 rings (SSSR count). The molecule has 0 fully saturated rings. The van der Waals surface area contributed by atoms with Crippen molar-refractivity contribution in [1.29, 1.82) is 5.41 Å². The third kappa shape index (κ3) is 2.51. The maximum atomic E-state index is 11.3. The van der Waals surface area contributed by atoms with E-state index < -0.39 is 0 Å². The maximum Gasteiger partial charge on any atom is 0.323 e. The maximum absolute atomic E-state index is 11.3. The fourth-order valence-electron chi connectivity index (χ4n) is 2.98. The van der Waals surface area contributed by atoms with Crippen molar-refractivity contribution in [2.24, 2.45) is 11.1 Å². The molecule has 1 aromatic carbocycles. The summed E-state index contributed by atoms with van der Waals surface area (Å²) in [5.74, 6) is 0. The Morgan fingerprint density at radius 3 is 2.71 bits per heavy atom. The van der Waals surface area contributed by atoms with Crippen molar-refractivity contribution in [2.75, 3.05) is 0 Å². The van der Waals surface area contributed by atoms with Crippen molar-refractivity contribution in [3.05, 3.63) is 45.5 Å². The van der Waals surface area contributed by atoms with Gasteiger partial charge in [-0.15, -0.1) is 0 Å². The number of aromatic amines is 2. The molecule has 1 heterocycles. The first-order chi connectivity index (χ1) is 9.85. The van der Waals surface area contributed by atoms with Crippen LogP contribution in [-0.2, 0) is 0 Å². The third-order valence-corrected chi connectivity index (χ3v) is 4.21. The number of hydrogen-bond acceptors (Lipinski definition) is 3. The van der Waals surface area contributed by atoms with E-state index in [0.29, 0.717) is 5.71 Å². The van der Waals surface area contributed by atoms with Gasteiger partial charge >= 0.3 is 5.69 Å². The molecule has 0 unspecified atom stereocenters. The minimum absolute atomic E-state index is 0.212. The van der Waals surface area contributed by atoms with Crippen molar-refractivity contribution >= 4 is 16.7 Å². The molecule has 0 atom stereocenters. The molecule has 0 aliphatic heterocycles. The number of nitrogens with two attached hydrogens (primary N) is 1. The summed E-state index contributed by atoms with van der Waals surface area (Å²) in [5, 5.41) is 8.43. The van der Waals surface area contributed by atoms with Crippen LogP contribution in [0, 0.1) is 10.8 Å².